The molecule has 1 aromatic rings. The maximum absolute atomic E-state index is 12.0. The van der Waals surface area contributed by atoms with Crippen molar-refractivity contribution in [3.05, 3.63) is 41.8 Å². The Morgan fingerprint density at radius 2 is 1.86 bits per heavy atom. The van der Waals surface area contributed by atoms with Gasteiger partial charge < -0.3 is 10.0 Å². The quantitative estimate of drug-likeness (QED) is 0.766. The molecule has 0 radical (unpaired) electrons. The number of carbonyl (C=O) groups excluding carboxylic acids is 1. The van der Waals surface area contributed by atoms with Crippen LogP contribution in [-0.4, -0.2) is 43.4 Å². The molecule has 0 aliphatic heterocycles. The molecule has 0 unspecified atom stereocenters. The highest BCUT2D eigenvalue weighted by Crippen LogP contribution is 2.11. The maximum atomic E-state index is 12.0. The van der Waals surface area contributed by atoms with Crippen LogP contribution in [0.15, 0.2) is 46.7 Å². The molecule has 0 fully saturated rings. The van der Waals surface area contributed by atoms with E-state index in [1.165, 1.54) is 17.0 Å². The van der Waals surface area contributed by atoms with E-state index in [1.807, 2.05) is 0 Å². The van der Waals surface area contributed by atoms with Crippen LogP contribution in [0, 0.1) is 0 Å². The summed E-state index contributed by atoms with van der Waals surface area (Å²) >= 11 is 0. The molecule has 0 saturated heterocycles. The summed E-state index contributed by atoms with van der Waals surface area (Å²) in [5.41, 5.74) is 0. The molecular weight excluding hydrogens is 294 g/mol. The summed E-state index contributed by atoms with van der Waals surface area (Å²) in [4.78, 5) is 23.7. The van der Waals surface area contributed by atoms with Gasteiger partial charge in [0.05, 0.1) is 11.3 Å². The van der Waals surface area contributed by atoms with Crippen molar-refractivity contribution in [1.29, 1.82) is 0 Å². The molecule has 0 aliphatic carbocycles. The summed E-state index contributed by atoms with van der Waals surface area (Å²) in [5.74, 6) is -1.54. The van der Waals surface area contributed by atoms with Gasteiger partial charge in [0.25, 0.3) is 0 Å². The van der Waals surface area contributed by atoms with Crippen LogP contribution in [-0.2, 0) is 19.4 Å². The van der Waals surface area contributed by atoms with Crippen molar-refractivity contribution in [2.24, 2.45) is 0 Å². The van der Waals surface area contributed by atoms with Crippen LogP contribution < -0.4 is 0 Å². The molecule has 0 spiro atoms. The Morgan fingerprint density at radius 3 is 2.38 bits per heavy atom. The van der Waals surface area contributed by atoms with Crippen LogP contribution in [0.25, 0.3) is 0 Å². The lowest BCUT2D eigenvalue weighted by molar-refractivity contribution is -0.137. The van der Waals surface area contributed by atoms with E-state index in [4.69, 9.17) is 5.11 Å². The first-order valence-corrected chi connectivity index (χ1v) is 7.90. The van der Waals surface area contributed by atoms with Crippen LogP contribution in [0.3, 0.4) is 0 Å². The minimum Gasteiger partial charge on any atom is -0.481 e. The van der Waals surface area contributed by atoms with Crippen LogP contribution in [0.2, 0.25) is 0 Å². The summed E-state index contributed by atoms with van der Waals surface area (Å²) in [6.07, 6.45) is 0.770. The zero-order valence-electron chi connectivity index (χ0n) is 11.6. The van der Waals surface area contributed by atoms with Crippen LogP contribution in [0.5, 0.6) is 0 Å². The van der Waals surface area contributed by atoms with Gasteiger partial charge in [0, 0.05) is 24.6 Å². The van der Waals surface area contributed by atoms with E-state index < -0.39 is 21.7 Å². The lowest BCUT2D eigenvalue weighted by Crippen LogP contribution is -2.31. The number of benzene rings is 1. The van der Waals surface area contributed by atoms with E-state index in [2.05, 4.69) is 0 Å². The third kappa shape index (κ3) is 5.39. The highest BCUT2D eigenvalue weighted by Gasteiger charge is 2.13. The van der Waals surface area contributed by atoms with Crippen LogP contribution in [0.4, 0.5) is 0 Å². The minimum absolute atomic E-state index is 0.0421. The van der Waals surface area contributed by atoms with Crippen molar-refractivity contribution >= 4 is 21.7 Å². The number of hydrogen-bond acceptors (Lipinski definition) is 4. The van der Waals surface area contributed by atoms with E-state index in [0.717, 1.165) is 11.5 Å². The Hall–Kier alpha value is -2.15. The van der Waals surface area contributed by atoms with Crippen molar-refractivity contribution < 1.29 is 23.1 Å². The first-order valence-electron chi connectivity index (χ1n) is 6.35. The first kappa shape index (κ1) is 16.9. The second-order valence-electron chi connectivity index (χ2n) is 4.22. The number of carbonyl (C=O) groups is 2. The summed E-state index contributed by atoms with van der Waals surface area (Å²) in [6, 6.07) is 7.75. The Balaban J connectivity index is 2.78. The fourth-order valence-corrected chi connectivity index (χ4v) is 2.59. The number of carboxylic acid groups (broad SMARTS) is 1. The third-order valence-electron chi connectivity index (χ3n) is 2.75. The molecular formula is C14H17NO5S. The standard InChI is InChI=1S/C14H17NO5S/c1-2-15(10-8-14(17)18)13(16)9-11-21(19,20)12-6-4-3-5-7-12/h3-7,9,11H,2,8,10H2,1H3,(H,17,18)/b11-9+. The molecule has 1 aromatic carbocycles. The Morgan fingerprint density at radius 1 is 1.24 bits per heavy atom. The van der Waals surface area contributed by atoms with Crippen molar-refractivity contribution in [3.8, 4) is 0 Å². The molecule has 1 rings (SSSR count). The summed E-state index contributed by atoms with van der Waals surface area (Å²) in [7, 11) is -3.67. The fourth-order valence-electron chi connectivity index (χ4n) is 1.60. The first-order chi connectivity index (χ1) is 9.86. The molecule has 7 heteroatoms. The maximum Gasteiger partial charge on any atom is 0.305 e. The van der Waals surface area contributed by atoms with Gasteiger partial charge in [-0.2, -0.15) is 0 Å². The average Bonchev–Trinajstić information content (AvgIpc) is 2.46. The molecule has 0 aliphatic rings. The van der Waals surface area contributed by atoms with E-state index in [1.54, 1.807) is 25.1 Å². The van der Waals surface area contributed by atoms with Gasteiger partial charge in [-0.25, -0.2) is 8.42 Å². The zero-order valence-corrected chi connectivity index (χ0v) is 12.4. The van der Waals surface area contributed by atoms with Crippen molar-refractivity contribution in [2.45, 2.75) is 18.2 Å². The van der Waals surface area contributed by atoms with Crippen molar-refractivity contribution in [1.82, 2.24) is 4.90 Å². The third-order valence-corrected chi connectivity index (χ3v) is 4.17. The Labute approximate surface area is 123 Å². The minimum atomic E-state index is -3.67. The smallest absolute Gasteiger partial charge is 0.305 e. The fraction of sp³-hybridized carbons (Fsp3) is 0.286. The largest absolute Gasteiger partial charge is 0.481 e. The number of rotatable bonds is 7. The molecule has 0 atom stereocenters. The summed E-state index contributed by atoms with van der Waals surface area (Å²) in [5, 5.41) is 9.44. The van der Waals surface area contributed by atoms with E-state index in [-0.39, 0.29) is 17.9 Å². The molecule has 0 aromatic heterocycles. The van der Waals surface area contributed by atoms with Gasteiger partial charge in [0.1, 0.15) is 0 Å². The Kier molecular flexibility index (Phi) is 6.10. The topological polar surface area (TPSA) is 91.8 Å². The van der Waals surface area contributed by atoms with Crippen LogP contribution >= 0.6 is 0 Å². The Bertz CT molecular complexity index is 622. The monoisotopic (exact) mass is 311 g/mol. The SMILES string of the molecule is CCN(CCC(=O)O)C(=O)/C=C/S(=O)(=O)c1ccccc1. The van der Waals surface area contributed by atoms with E-state index in [9.17, 15) is 18.0 Å². The predicted molar refractivity (Wildman–Crippen MR) is 77.3 cm³/mol. The number of amides is 1. The molecule has 6 nitrogen and oxygen atoms in total. The van der Waals surface area contributed by atoms with Gasteiger partial charge in [0.15, 0.2) is 9.84 Å². The summed E-state index contributed by atoms with van der Waals surface area (Å²) in [6.45, 7) is 2.04. The molecule has 0 saturated carbocycles. The second kappa shape index (κ2) is 7.58. The van der Waals surface area contributed by atoms with Crippen LogP contribution in [0.1, 0.15) is 13.3 Å². The number of sulfone groups is 1. The lowest BCUT2D eigenvalue weighted by Gasteiger charge is -2.17. The van der Waals surface area contributed by atoms with Gasteiger partial charge in [-0.3, -0.25) is 9.59 Å². The number of aliphatic carboxylic acids is 1. The van der Waals surface area contributed by atoms with Crippen molar-refractivity contribution in [3.63, 3.8) is 0 Å². The van der Waals surface area contributed by atoms with E-state index >= 15 is 0 Å². The van der Waals surface area contributed by atoms with Gasteiger partial charge in [0.2, 0.25) is 5.91 Å². The predicted octanol–water partition coefficient (Wildman–Crippen LogP) is 1.30. The molecule has 1 amide bonds. The normalized spacial score (nSPS) is 11.5. The zero-order chi connectivity index (χ0) is 15.9. The van der Waals surface area contributed by atoms with Gasteiger partial charge in [-0.15, -0.1) is 0 Å². The molecule has 1 N–H and O–H groups in total. The molecule has 0 heterocycles. The average molecular weight is 311 g/mol. The number of carboxylic acids is 1. The number of nitrogens with zero attached hydrogens (tertiary/aromatic N) is 1. The van der Waals surface area contributed by atoms with E-state index in [0.29, 0.717) is 6.54 Å². The van der Waals surface area contributed by atoms with Gasteiger partial charge >= 0.3 is 5.97 Å². The highest BCUT2D eigenvalue weighted by atomic mass is 32.2. The summed E-state index contributed by atoms with van der Waals surface area (Å²) < 4.78 is 23.9. The van der Waals surface area contributed by atoms with Gasteiger partial charge in [-0.1, -0.05) is 18.2 Å². The molecule has 114 valence electrons. The number of likely N-dealkylation sites (N-methyl/N-ethyl adjacent to an activating group) is 1. The lowest BCUT2D eigenvalue weighted by atomic mass is 10.3. The van der Waals surface area contributed by atoms with Crippen molar-refractivity contribution in [2.75, 3.05) is 13.1 Å². The highest BCUT2D eigenvalue weighted by molar-refractivity contribution is 7.94. The number of hydrogen-bond donors (Lipinski definition) is 1. The molecule has 0 bridgehead atoms. The van der Waals surface area contributed by atoms with Gasteiger partial charge in [-0.05, 0) is 19.1 Å². The molecule has 21 heavy (non-hydrogen) atoms. The second-order valence-corrected chi connectivity index (χ2v) is 6.06.